The van der Waals surface area contributed by atoms with Gasteiger partial charge in [-0.2, -0.15) is 11.8 Å². The summed E-state index contributed by atoms with van der Waals surface area (Å²) in [4.78, 5) is 35.8. The Hall–Kier alpha value is -1.48. The van der Waals surface area contributed by atoms with Crippen molar-refractivity contribution in [2.75, 3.05) is 44.9 Å². The summed E-state index contributed by atoms with van der Waals surface area (Å²) in [5.74, 6) is 0.128. The van der Waals surface area contributed by atoms with Crippen LogP contribution < -0.4 is 10.6 Å². The molecule has 120 valence electrons. The Bertz CT molecular complexity index is 380. The van der Waals surface area contributed by atoms with E-state index in [9.17, 15) is 14.4 Å². The van der Waals surface area contributed by atoms with Crippen LogP contribution in [0.25, 0.3) is 0 Å². The van der Waals surface area contributed by atoms with Gasteiger partial charge in [0.1, 0.15) is 0 Å². The topological polar surface area (TPSA) is 108 Å². The standard InChI is InChI=1S/C12H21N3O5S/c1-20-4-2-13-10(16)7-14-12(19)15-3-5-21-8-9(15)6-11(17)18/h9H,2-8H2,1H3,(H,13,16)(H,14,19)(H,17,18). The third-order valence-electron chi connectivity index (χ3n) is 2.93. The number of carbonyl (C=O) groups excluding carboxylic acids is 2. The van der Waals surface area contributed by atoms with E-state index < -0.39 is 12.0 Å². The van der Waals surface area contributed by atoms with Crippen LogP contribution in [-0.4, -0.2) is 78.8 Å². The molecule has 1 rings (SSSR count). The molecule has 3 N–H and O–H groups in total. The number of amides is 3. The summed E-state index contributed by atoms with van der Waals surface area (Å²) in [7, 11) is 1.53. The summed E-state index contributed by atoms with van der Waals surface area (Å²) in [5, 5.41) is 14.0. The van der Waals surface area contributed by atoms with E-state index in [1.54, 1.807) is 11.8 Å². The molecular weight excluding hydrogens is 298 g/mol. The molecule has 1 atom stereocenters. The van der Waals surface area contributed by atoms with E-state index in [0.717, 1.165) is 5.75 Å². The van der Waals surface area contributed by atoms with Gasteiger partial charge in [0.05, 0.1) is 25.6 Å². The number of rotatable bonds is 7. The zero-order valence-corrected chi connectivity index (χ0v) is 12.8. The van der Waals surface area contributed by atoms with E-state index in [1.807, 2.05) is 0 Å². The van der Waals surface area contributed by atoms with Gasteiger partial charge in [0, 0.05) is 31.7 Å². The van der Waals surface area contributed by atoms with Crippen molar-refractivity contribution in [2.24, 2.45) is 0 Å². The van der Waals surface area contributed by atoms with Gasteiger partial charge in [-0.05, 0) is 0 Å². The van der Waals surface area contributed by atoms with Crippen LogP contribution in [0.4, 0.5) is 4.79 Å². The van der Waals surface area contributed by atoms with E-state index in [2.05, 4.69) is 10.6 Å². The number of aliphatic carboxylic acids is 1. The Morgan fingerprint density at radius 2 is 2.14 bits per heavy atom. The fraction of sp³-hybridized carbons (Fsp3) is 0.750. The lowest BCUT2D eigenvalue weighted by atomic mass is 10.2. The summed E-state index contributed by atoms with van der Waals surface area (Å²) in [6.45, 7) is 1.14. The second-order valence-electron chi connectivity index (χ2n) is 4.52. The number of ether oxygens (including phenoxy) is 1. The fourth-order valence-electron chi connectivity index (χ4n) is 1.91. The van der Waals surface area contributed by atoms with Crippen LogP contribution in [0, 0.1) is 0 Å². The molecule has 0 saturated carbocycles. The molecule has 1 unspecified atom stereocenters. The van der Waals surface area contributed by atoms with E-state index in [-0.39, 0.29) is 24.9 Å². The number of nitrogens with one attached hydrogen (secondary N) is 2. The number of urea groups is 1. The van der Waals surface area contributed by atoms with Crippen molar-refractivity contribution in [1.29, 1.82) is 0 Å². The molecule has 0 aromatic rings. The minimum Gasteiger partial charge on any atom is -0.481 e. The number of hydrogen-bond acceptors (Lipinski definition) is 5. The van der Waals surface area contributed by atoms with E-state index in [1.165, 1.54) is 12.0 Å². The molecule has 1 heterocycles. The first-order valence-corrected chi connectivity index (χ1v) is 7.79. The normalized spacial score (nSPS) is 18.1. The second kappa shape index (κ2) is 9.46. The van der Waals surface area contributed by atoms with Gasteiger partial charge in [-0.3, -0.25) is 9.59 Å². The molecule has 0 aromatic heterocycles. The van der Waals surface area contributed by atoms with Gasteiger partial charge in [-0.15, -0.1) is 0 Å². The van der Waals surface area contributed by atoms with Gasteiger partial charge in [-0.25, -0.2) is 4.79 Å². The number of methoxy groups -OCH3 is 1. The van der Waals surface area contributed by atoms with Crippen LogP contribution in [0.2, 0.25) is 0 Å². The molecule has 8 nitrogen and oxygen atoms in total. The lowest BCUT2D eigenvalue weighted by Crippen LogP contribution is -2.52. The van der Waals surface area contributed by atoms with E-state index in [4.69, 9.17) is 9.84 Å². The van der Waals surface area contributed by atoms with Crippen molar-refractivity contribution in [3.63, 3.8) is 0 Å². The first-order valence-electron chi connectivity index (χ1n) is 6.64. The number of carboxylic acids is 1. The summed E-state index contributed by atoms with van der Waals surface area (Å²) in [6.07, 6.45) is -0.0829. The van der Waals surface area contributed by atoms with E-state index >= 15 is 0 Å². The Labute approximate surface area is 127 Å². The number of hydrogen-bond donors (Lipinski definition) is 3. The molecular formula is C12H21N3O5S. The van der Waals surface area contributed by atoms with Crippen LogP contribution in [0.15, 0.2) is 0 Å². The Morgan fingerprint density at radius 3 is 2.81 bits per heavy atom. The highest BCUT2D eigenvalue weighted by atomic mass is 32.2. The van der Waals surface area contributed by atoms with Gasteiger partial charge >= 0.3 is 12.0 Å². The van der Waals surface area contributed by atoms with Gasteiger partial charge in [-0.1, -0.05) is 0 Å². The van der Waals surface area contributed by atoms with E-state index in [0.29, 0.717) is 25.4 Å². The Kier molecular flexibility index (Phi) is 7.91. The summed E-state index contributed by atoms with van der Waals surface area (Å²) in [6, 6.07) is -0.735. The molecule has 0 aromatic carbocycles. The van der Waals surface area contributed by atoms with Gasteiger partial charge < -0.3 is 25.4 Å². The van der Waals surface area contributed by atoms with Crippen LogP contribution in [0.1, 0.15) is 6.42 Å². The maximum atomic E-state index is 12.0. The highest BCUT2D eigenvalue weighted by Gasteiger charge is 2.28. The smallest absolute Gasteiger partial charge is 0.318 e. The van der Waals surface area contributed by atoms with Crippen LogP contribution in [0.5, 0.6) is 0 Å². The quantitative estimate of drug-likeness (QED) is 0.538. The molecule has 0 spiro atoms. The van der Waals surface area contributed by atoms with Gasteiger partial charge in [0.2, 0.25) is 5.91 Å². The third-order valence-corrected chi connectivity index (χ3v) is 4.02. The lowest BCUT2D eigenvalue weighted by molar-refractivity contribution is -0.138. The van der Waals surface area contributed by atoms with Gasteiger partial charge in [0.25, 0.3) is 0 Å². The molecule has 1 fully saturated rings. The average molecular weight is 319 g/mol. The zero-order valence-electron chi connectivity index (χ0n) is 12.0. The highest BCUT2D eigenvalue weighted by Crippen LogP contribution is 2.18. The van der Waals surface area contributed by atoms with Crippen molar-refractivity contribution < 1.29 is 24.2 Å². The predicted octanol–water partition coefficient (Wildman–Crippen LogP) is -0.649. The lowest BCUT2D eigenvalue weighted by Gasteiger charge is -2.34. The SMILES string of the molecule is COCCNC(=O)CNC(=O)N1CCSCC1CC(=O)O. The van der Waals surface area contributed by atoms with Gasteiger partial charge in [0.15, 0.2) is 0 Å². The number of nitrogens with zero attached hydrogens (tertiary/aromatic N) is 1. The minimum atomic E-state index is -0.933. The number of carboxylic acid groups (broad SMARTS) is 1. The van der Waals surface area contributed by atoms with Crippen molar-refractivity contribution in [3.8, 4) is 0 Å². The minimum absolute atomic E-state index is 0.0829. The fourth-order valence-corrected chi connectivity index (χ4v) is 2.97. The van der Waals surface area contributed by atoms with Crippen LogP contribution >= 0.6 is 11.8 Å². The molecule has 1 aliphatic heterocycles. The first-order chi connectivity index (χ1) is 10.0. The molecule has 0 aliphatic carbocycles. The molecule has 1 saturated heterocycles. The number of carbonyl (C=O) groups is 3. The molecule has 3 amide bonds. The van der Waals surface area contributed by atoms with Crippen molar-refractivity contribution in [2.45, 2.75) is 12.5 Å². The predicted molar refractivity (Wildman–Crippen MR) is 78.4 cm³/mol. The Morgan fingerprint density at radius 1 is 1.38 bits per heavy atom. The maximum absolute atomic E-state index is 12.0. The molecule has 0 bridgehead atoms. The highest BCUT2D eigenvalue weighted by molar-refractivity contribution is 7.99. The monoisotopic (exact) mass is 319 g/mol. The largest absolute Gasteiger partial charge is 0.481 e. The third kappa shape index (κ3) is 6.67. The zero-order chi connectivity index (χ0) is 15.7. The molecule has 1 aliphatic rings. The maximum Gasteiger partial charge on any atom is 0.318 e. The summed E-state index contributed by atoms with van der Waals surface area (Å²) in [5.41, 5.74) is 0. The summed E-state index contributed by atoms with van der Waals surface area (Å²) < 4.78 is 4.80. The first kappa shape index (κ1) is 17.6. The second-order valence-corrected chi connectivity index (χ2v) is 5.67. The van der Waals surface area contributed by atoms with Crippen molar-refractivity contribution in [3.05, 3.63) is 0 Å². The van der Waals surface area contributed by atoms with Crippen LogP contribution in [0.3, 0.4) is 0 Å². The Balaban J connectivity index is 2.37. The average Bonchev–Trinajstić information content (AvgIpc) is 2.45. The molecule has 0 radical (unpaired) electrons. The molecule has 21 heavy (non-hydrogen) atoms. The molecule has 9 heteroatoms. The summed E-state index contributed by atoms with van der Waals surface area (Å²) >= 11 is 1.63. The number of thioether (sulfide) groups is 1. The van der Waals surface area contributed by atoms with Crippen molar-refractivity contribution in [1.82, 2.24) is 15.5 Å². The van der Waals surface area contributed by atoms with Crippen LogP contribution in [-0.2, 0) is 14.3 Å². The van der Waals surface area contributed by atoms with Crippen molar-refractivity contribution >= 4 is 29.7 Å².